The Bertz CT molecular complexity index is 883. The van der Waals surface area contributed by atoms with Crippen molar-refractivity contribution < 1.29 is 14.3 Å². The van der Waals surface area contributed by atoms with Gasteiger partial charge in [-0.25, -0.2) is 4.79 Å². The molecule has 1 heterocycles. The SMILES string of the molecule is O=C1OC(Oc2cccc(Cl)c2)c2cccc3cccc1c23. The first-order chi connectivity index (χ1) is 10.7. The van der Waals surface area contributed by atoms with E-state index in [9.17, 15) is 4.79 Å². The summed E-state index contributed by atoms with van der Waals surface area (Å²) < 4.78 is 11.3. The second-order valence-corrected chi connectivity index (χ2v) is 5.50. The molecule has 0 saturated carbocycles. The van der Waals surface area contributed by atoms with Gasteiger partial charge in [0.05, 0.1) is 5.56 Å². The number of hydrogen-bond donors (Lipinski definition) is 0. The van der Waals surface area contributed by atoms with Crippen molar-refractivity contribution in [2.75, 3.05) is 0 Å². The average Bonchev–Trinajstić information content (AvgIpc) is 2.52. The molecule has 0 N–H and O–H groups in total. The van der Waals surface area contributed by atoms with Crippen molar-refractivity contribution in [1.29, 1.82) is 0 Å². The van der Waals surface area contributed by atoms with Crippen LogP contribution in [0.4, 0.5) is 0 Å². The number of hydrogen-bond acceptors (Lipinski definition) is 3. The maximum Gasteiger partial charge on any atom is 0.342 e. The quantitative estimate of drug-likeness (QED) is 0.641. The molecule has 3 nitrogen and oxygen atoms in total. The van der Waals surface area contributed by atoms with Gasteiger partial charge in [0.25, 0.3) is 6.29 Å². The molecule has 0 radical (unpaired) electrons. The largest absolute Gasteiger partial charge is 0.450 e. The van der Waals surface area contributed by atoms with Gasteiger partial charge in [0.1, 0.15) is 5.75 Å². The first-order valence-electron chi connectivity index (χ1n) is 6.87. The van der Waals surface area contributed by atoms with Crippen LogP contribution in [0, 0.1) is 0 Å². The van der Waals surface area contributed by atoms with Crippen molar-refractivity contribution in [3.63, 3.8) is 0 Å². The fourth-order valence-electron chi connectivity index (χ4n) is 2.71. The second kappa shape index (κ2) is 5.04. The summed E-state index contributed by atoms with van der Waals surface area (Å²) in [6.07, 6.45) is -0.774. The monoisotopic (exact) mass is 310 g/mol. The molecule has 0 amide bonds. The van der Waals surface area contributed by atoms with Gasteiger partial charge >= 0.3 is 5.97 Å². The van der Waals surface area contributed by atoms with Gasteiger partial charge < -0.3 is 9.47 Å². The first-order valence-corrected chi connectivity index (χ1v) is 7.25. The Hall–Kier alpha value is -2.52. The van der Waals surface area contributed by atoms with Crippen molar-refractivity contribution in [3.05, 3.63) is 76.8 Å². The van der Waals surface area contributed by atoms with Crippen LogP contribution in [0.25, 0.3) is 10.8 Å². The van der Waals surface area contributed by atoms with Crippen molar-refractivity contribution >= 4 is 28.3 Å². The van der Waals surface area contributed by atoms with Crippen LogP contribution >= 0.6 is 11.6 Å². The summed E-state index contributed by atoms with van der Waals surface area (Å²) in [5, 5.41) is 2.44. The third-order valence-corrected chi connectivity index (χ3v) is 3.90. The van der Waals surface area contributed by atoms with E-state index in [0.29, 0.717) is 16.3 Å². The number of benzene rings is 3. The normalized spacial score (nSPS) is 16.4. The minimum absolute atomic E-state index is 0.378. The summed E-state index contributed by atoms with van der Waals surface area (Å²) in [5.74, 6) is 0.179. The predicted octanol–water partition coefficient (Wildman–Crippen LogP) is 4.74. The molecule has 0 fully saturated rings. The molecule has 1 atom stereocenters. The molecular weight excluding hydrogens is 300 g/mol. The van der Waals surface area contributed by atoms with Crippen LogP contribution in [-0.2, 0) is 4.74 Å². The van der Waals surface area contributed by atoms with E-state index in [1.54, 1.807) is 30.3 Å². The zero-order chi connectivity index (χ0) is 15.1. The number of carbonyl (C=O) groups excluding carboxylic acids is 1. The summed E-state index contributed by atoms with van der Waals surface area (Å²) in [6.45, 7) is 0. The maximum absolute atomic E-state index is 12.2. The number of cyclic esters (lactones) is 1. The minimum Gasteiger partial charge on any atom is -0.450 e. The van der Waals surface area contributed by atoms with Gasteiger partial charge in [-0.1, -0.05) is 48.0 Å². The van der Waals surface area contributed by atoms with E-state index >= 15 is 0 Å². The zero-order valence-electron chi connectivity index (χ0n) is 11.5. The molecule has 0 spiro atoms. The molecule has 1 aliphatic rings. The smallest absolute Gasteiger partial charge is 0.342 e. The van der Waals surface area contributed by atoms with Gasteiger partial charge in [0, 0.05) is 16.0 Å². The van der Waals surface area contributed by atoms with E-state index in [1.165, 1.54) is 0 Å². The molecule has 0 aromatic heterocycles. The highest BCUT2D eigenvalue weighted by atomic mass is 35.5. The van der Waals surface area contributed by atoms with E-state index in [0.717, 1.165) is 16.3 Å². The maximum atomic E-state index is 12.2. The van der Waals surface area contributed by atoms with Crippen LogP contribution in [0.15, 0.2) is 60.7 Å². The Labute approximate surface area is 132 Å². The highest BCUT2D eigenvalue weighted by Gasteiger charge is 2.29. The summed E-state index contributed by atoms with van der Waals surface area (Å²) >= 11 is 5.97. The lowest BCUT2D eigenvalue weighted by molar-refractivity contribution is -0.0522. The van der Waals surface area contributed by atoms with Gasteiger partial charge in [-0.2, -0.15) is 0 Å². The molecule has 0 saturated heterocycles. The fourth-order valence-corrected chi connectivity index (χ4v) is 2.89. The highest BCUT2D eigenvalue weighted by molar-refractivity contribution is 6.30. The number of halogens is 1. The summed E-state index contributed by atoms with van der Waals surface area (Å²) in [5.41, 5.74) is 1.41. The Morgan fingerprint density at radius 1 is 1.00 bits per heavy atom. The third kappa shape index (κ3) is 2.11. The van der Waals surface area contributed by atoms with Crippen molar-refractivity contribution in [1.82, 2.24) is 0 Å². The van der Waals surface area contributed by atoms with Crippen molar-refractivity contribution in [3.8, 4) is 5.75 Å². The van der Waals surface area contributed by atoms with Gasteiger partial charge in [0.2, 0.25) is 0 Å². The summed E-state index contributed by atoms with van der Waals surface area (Å²) in [6, 6.07) is 18.4. The van der Waals surface area contributed by atoms with E-state index in [1.807, 2.05) is 30.3 Å². The molecule has 1 unspecified atom stereocenters. The van der Waals surface area contributed by atoms with Crippen LogP contribution in [-0.4, -0.2) is 5.97 Å². The molecule has 3 aromatic rings. The Kier molecular flexibility index (Phi) is 3.01. The lowest BCUT2D eigenvalue weighted by Gasteiger charge is -2.26. The number of ether oxygens (including phenoxy) is 2. The van der Waals surface area contributed by atoms with E-state index in [2.05, 4.69) is 0 Å². The van der Waals surface area contributed by atoms with E-state index in [-0.39, 0.29) is 5.97 Å². The van der Waals surface area contributed by atoms with Crippen LogP contribution < -0.4 is 4.74 Å². The molecule has 4 heteroatoms. The van der Waals surface area contributed by atoms with E-state index < -0.39 is 6.29 Å². The minimum atomic E-state index is -0.774. The molecule has 3 aromatic carbocycles. The number of carbonyl (C=O) groups is 1. The van der Waals surface area contributed by atoms with Crippen LogP contribution in [0.5, 0.6) is 5.75 Å². The fraction of sp³-hybridized carbons (Fsp3) is 0.0556. The van der Waals surface area contributed by atoms with Crippen molar-refractivity contribution in [2.24, 2.45) is 0 Å². The molecule has 22 heavy (non-hydrogen) atoms. The van der Waals surface area contributed by atoms with Crippen LogP contribution in [0.3, 0.4) is 0 Å². The first kappa shape index (κ1) is 13.2. The van der Waals surface area contributed by atoms with Gasteiger partial charge in [0.15, 0.2) is 0 Å². The topological polar surface area (TPSA) is 35.5 Å². The second-order valence-electron chi connectivity index (χ2n) is 5.06. The zero-order valence-corrected chi connectivity index (χ0v) is 12.2. The van der Waals surface area contributed by atoms with Gasteiger partial charge in [-0.15, -0.1) is 0 Å². The highest BCUT2D eigenvalue weighted by Crippen LogP contribution is 2.36. The number of rotatable bonds is 2. The van der Waals surface area contributed by atoms with Crippen LogP contribution in [0.1, 0.15) is 22.2 Å². The van der Waals surface area contributed by atoms with Crippen molar-refractivity contribution in [2.45, 2.75) is 6.29 Å². The lowest BCUT2D eigenvalue weighted by atomic mass is 9.97. The van der Waals surface area contributed by atoms with Gasteiger partial charge in [-0.05, 0) is 29.7 Å². The molecule has 1 aliphatic heterocycles. The third-order valence-electron chi connectivity index (χ3n) is 3.66. The van der Waals surface area contributed by atoms with E-state index in [4.69, 9.17) is 21.1 Å². The summed E-state index contributed by atoms with van der Waals surface area (Å²) in [4.78, 5) is 12.2. The molecule has 0 aliphatic carbocycles. The molecule has 0 bridgehead atoms. The lowest BCUT2D eigenvalue weighted by Crippen LogP contribution is -2.22. The molecular formula is C18H11ClO3. The Balaban J connectivity index is 1.83. The Morgan fingerprint density at radius 2 is 1.77 bits per heavy atom. The van der Waals surface area contributed by atoms with Crippen LogP contribution in [0.2, 0.25) is 5.02 Å². The van der Waals surface area contributed by atoms with Gasteiger partial charge in [-0.3, -0.25) is 0 Å². The summed E-state index contributed by atoms with van der Waals surface area (Å²) in [7, 11) is 0. The standard InChI is InChI=1S/C18H11ClO3/c19-12-6-3-7-13(10-12)21-18-15-9-2-5-11-4-1-8-14(16(11)15)17(20)22-18/h1-10,18H. The number of esters is 1. The Morgan fingerprint density at radius 3 is 2.59 bits per heavy atom. The predicted molar refractivity (Wildman–Crippen MR) is 84.2 cm³/mol. The molecule has 108 valence electrons. The molecule has 4 rings (SSSR count). The average molecular weight is 311 g/mol.